The zero-order chi connectivity index (χ0) is 17.8. The van der Waals surface area contributed by atoms with Crippen molar-refractivity contribution in [1.82, 2.24) is 4.98 Å². The zero-order valence-electron chi connectivity index (χ0n) is 14.9. The van der Waals surface area contributed by atoms with Gasteiger partial charge < -0.3 is 4.90 Å². The number of nitrogens with zero attached hydrogens (tertiary/aromatic N) is 3. The first-order valence-corrected chi connectivity index (χ1v) is 9.83. The highest BCUT2D eigenvalue weighted by Gasteiger charge is 2.12. The van der Waals surface area contributed by atoms with Crippen LogP contribution in [0.5, 0.6) is 0 Å². The molecular weight excluding hydrogens is 340 g/mol. The van der Waals surface area contributed by atoms with E-state index in [1.54, 1.807) is 11.3 Å². The second-order valence-electron chi connectivity index (χ2n) is 6.51. The number of aromatic nitrogens is 1. The van der Waals surface area contributed by atoms with E-state index in [4.69, 9.17) is 0 Å². The fraction of sp³-hybridized carbons (Fsp3) is 0.238. The molecule has 0 radical (unpaired) electrons. The van der Waals surface area contributed by atoms with Crippen molar-refractivity contribution in [3.8, 4) is 11.3 Å². The van der Waals surface area contributed by atoms with Gasteiger partial charge in [0.1, 0.15) is 0 Å². The molecule has 1 saturated heterocycles. The molecule has 26 heavy (non-hydrogen) atoms. The van der Waals surface area contributed by atoms with E-state index in [-0.39, 0.29) is 0 Å². The maximum atomic E-state index is 4.59. The highest BCUT2D eigenvalue weighted by atomic mass is 32.1. The first kappa shape index (κ1) is 16.8. The summed E-state index contributed by atoms with van der Waals surface area (Å²) in [6, 6.07) is 16.8. The van der Waals surface area contributed by atoms with Gasteiger partial charge in [0.25, 0.3) is 0 Å². The molecule has 0 amide bonds. The fourth-order valence-corrected chi connectivity index (χ4v) is 3.87. The monoisotopic (exact) mass is 362 g/mol. The first-order valence-electron chi connectivity index (χ1n) is 8.95. The summed E-state index contributed by atoms with van der Waals surface area (Å²) in [6.07, 6.45) is 4.46. The highest BCUT2D eigenvalue weighted by Crippen LogP contribution is 2.25. The Hall–Kier alpha value is -2.66. The molecule has 5 heteroatoms. The molecule has 0 bridgehead atoms. The van der Waals surface area contributed by atoms with Crippen LogP contribution in [0.1, 0.15) is 24.0 Å². The molecule has 0 aliphatic carbocycles. The Kier molecular flexibility index (Phi) is 4.97. The number of benzene rings is 2. The number of hydrazone groups is 1. The Morgan fingerprint density at radius 2 is 1.92 bits per heavy atom. The number of aryl methyl sites for hydroxylation is 1. The Morgan fingerprint density at radius 3 is 2.69 bits per heavy atom. The minimum Gasteiger partial charge on any atom is -0.372 e. The second kappa shape index (κ2) is 7.70. The molecule has 2 heterocycles. The molecule has 0 unspecified atom stereocenters. The maximum absolute atomic E-state index is 4.59. The normalized spacial score (nSPS) is 14.3. The van der Waals surface area contributed by atoms with E-state index in [2.05, 4.69) is 57.7 Å². The summed E-state index contributed by atoms with van der Waals surface area (Å²) in [5.74, 6) is 0. The van der Waals surface area contributed by atoms with Crippen molar-refractivity contribution in [2.75, 3.05) is 23.4 Å². The molecule has 1 fully saturated rings. The predicted octanol–water partition coefficient (Wildman–Crippen LogP) is 5.16. The average Bonchev–Trinajstić information content (AvgIpc) is 3.36. The minimum absolute atomic E-state index is 0.798. The first-order chi connectivity index (χ1) is 12.8. The number of anilines is 2. The number of hydrogen-bond donors (Lipinski definition) is 1. The molecule has 1 N–H and O–H groups in total. The smallest absolute Gasteiger partial charge is 0.203 e. The van der Waals surface area contributed by atoms with Gasteiger partial charge in [-0.2, -0.15) is 5.10 Å². The van der Waals surface area contributed by atoms with Gasteiger partial charge in [-0.25, -0.2) is 4.98 Å². The van der Waals surface area contributed by atoms with Crippen molar-refractivity contribution in [3.05, 3.63) is 65.0 Å². The Bertz CT molecular complexity index is 895. The summed E-state index contributed by atoms with van der Waals surface area (Å²) in [4.78, 5) is 7.04. The number of thiazole rings is 1. The van der Waals surface area contributed by atoms with Gasteiger partial charge in [0.2, 0.25) is 5.13 Å². The Balaban J connectivity index is 1.41. The maximum Gasteiger partial charge on any atom is 0.203 e. The van der Waals surface area contributed by atoms with Gasteiger partial charge in [-0.1, -0.05) is 36.4 Å². The Labute approximate surface area is 158 Å². The van der Waals surface area contributed by atoms with Crippen LogP contribution in [0, 0.1) is 6.92 Å². The highest BCUT2D eigenvalue weighted by molar-refractivity contribution is 7.14. The molecular formula is C21H22N4S. The van der Waals surface area contributed by atoms with E-state index >= 15 is 0 Å². The summed E-state index contributed by atoms with van der Waals surface area (Å²) >= 11 is 1.56. The standard InChI is InChI=1S/C21H22N4S/c1-16-13-19(25-11-5-6-12-25)10-9-18(16)14-22-24-21-23-20(15-26-21)17-7-3-2-4-8-17/h2-4,7-10,13-15H,5-6,11-12H2,1H3,(H,23,24). The van der Waals surface area contributed by atoms with Crippen molar-refractivity contribution in [2.45, 2.75) is 19.8 Å². The molecule has 1 aromatic heterocycles. The van der Waals surface area contributed by atoms with Crippen LogP contribution in [0.2, 0.25) is 0 Å². The SMILES string of the molecule is Cc1cc(N2CCCC2)ccc1C=NNc1nc(-c2ccccc2)cs1. The minimum atomic E-state index is 0.798. The largest absolute Gasteiger partial charge is 0.372 e. The van der Waals surface area contributed by atoms with Crippen molar-refractivity contribution in [2.24, 2.45) is 5.10 Å². The lowest BCUT2D eigenvalue weighted by atomic mass is 10.1. The summed E-state index contributed by atoms with van der Waals surface area (Å²) in [7, 11) is 0. The van der Waals surface area contributed by atoms with Gasteiger partial charge in [0.05, 0.1) is 11.9 Å². The van der Waals surface area contributed by atoms with Crippen molar-refractivity contribution in [1.29, 1.82) is 0 Å². The average molecular weight is 363 g/mol. The number of hydrogen-bond acceptors (Lipinski definition) is 5. The van der Waals surface area contributed by atoms with Gasteiger partial charge in [-0.05, 0) is 43.0 Å². The fourth-order valence-electron chi connectivity index (χ4n) is 3.20. The molecule has 0 spiro atoms. The summed E-state index contributed by atoms with van der Waals surface area (Å²) in [5.41, 5.74) is 8.82. The van der Waals surface area contributed by atoms with Gasteiger partial charge >= 0.3 is 0 Å². The van der Waals surface area contributed by atoms with Crippen LogP contribution in [-0.2, 0) is 0 Å². The number of rotatable bonds is 5. The third-order valence-corrected chi connectivity index (χ3v) is 5.41. The summed E-state index contributed by atoms with van der Waals surface area (Å²) in [6.45, 7) is 4.47. The molecule has 1 aliphatic heterocycles. The van der Waals surface area contributed by atoms with Crippen LogP contribution in [0.15, 0.2) is 59.0 Å². The van der Waals surface area contributed by atoms with Gasteiger partial charge in [-0.3, -0.25) is 5.43 Å². The lowest BCUT2D eigenvalue weighted by molar-refractivity contribution is 0.949. The Morgan fingerprint density at radius 1 is 1.12 bits per heavy atom. The molecule has 4 rings (SSSR count). The zero-order valence-corrected chi connectivity index (χ0v) is 15.7. The lowest BCUT2D eigenvalue weighted by Gasteiger charge is -2.18. The third kappa shape index (κ3) is 3.78. The molecule has 0 saturated carbocycles. The molecule has 4 nitrogen and oxygen atoms in total. The molecule has 2 aromatic carbocycles. The van der Waals surface area contributed by atoms with E-state index in [9.17, 15) is 0 Å². The van der Waals surface area contributed by atoms with E-state index in [1.807, 2.05) is 29.8 Å². The van der Waals surface area contributed by atoms with Gasteiger partial charge in [0.15, 0.2) is 0 Å². The van der Waals surface area contributed by atoms with Crippen molar-refractivity contribution in [3.63, 3.8) is 0 Å². The van der Waals surface area contributed by atoms with Gasteiger partial charge in [-0.15, -0.1) is 11.3 Å². The van der Waals surface area contributed by atoms with Crippen LogP contribution >= 0.6 is 11.3 Å². The van der Waals surface area contributed by atoms with Crippen molar-refractivity contribution >= 4 is 28.4 Å². The van der Waals surface area contributed by atoms with Crippen LogP contribution in [0.4, 0.5) is 10.8 Å². The molecule has 3 aromatic rings. The van der Waals surface area contributed by atoms with E-state index in [0.717, 1.165) is 22.0 Å². The van der Waals surface area contributed by atoms with Crippen LogP contribution < -0.4 is 10.3 Å². The second-order valence-corrected chi connectivity index (χ2v) is 7.37. The van der Waals surface area contributed by atoms with E-state index < -0.39 is 0 Å². The van der Waals surface area contributed by atoms with Crippen molar-refractivity contribution < 1.29 is 0 Å². The summed E-state index contributed by atoms with van der Waals surface area (Å²) < 4.78 is 0. The topological polar surface area (TPSA) is 40.5 Å². The van der Waals surface area contributed by atoms with E-state index in [0.29, 0.717) is 0 Å². The quantitative estimate of drug-likeness (QED) is 0.503. The summed E-state index contributed by atoms with van der Waals surface area (Å²) in [5, 5.41) is 7.21. The predicted molar refractivity (Wildman–Crippen MR) is 111 cm³/mol. The van der Waals surface area contributed by atoms with E-state index in [1.165, 1.54) is 37.2 Å². The third-order valence-electron chi connectivity index (χ3n) is 4.66. The van der Waals surface area contributed by atoms with Crippen LogP contribution in [0.3, 0.4) is 0 Å². The number of nitrogens with one attached hydrogen (secondary N) is 1. The molecule has 132 valence electrons. The van der Waals surface area contributed by atoms with Crippen LogP contribution in [-0.4, -0.2) is 24.3 Å². The lowest BCUT2D eigenvalue weighted by Crippen LogP contribution is -2.17. The van der Waals surface area contributed by atoms with Gasteiger partial charge in [0, 0.05) is 29.7 Å². The molecule has 1 aliphatic rings. The molecule has 0 atom stereocenters. The van der Waals surface area contributed by atoms with Crippen LogP contribution in [0.25, 0.3) is 11.3 Å².